The number of thioether (sulfide) groups is 1. The van der Waals surface area contributed by atoms with Gasteiger partial charge in [0.1, 0.15) is 10.7 Å². The van der Waals surface area contributed by atoms with Gasteiger partial charge in [0.25, 0.3) is 5.91 Å². The Morgan fingerprint density at radius 3 is 3.00 bits per heavy atom. The SMILES string of the molecule is CCCc1nc(C)c(C(=O)Nc2cc(CSC)ccn2)s1. The Morgan fingerprint density at radius 2 is 2.29 bits per heavy atom. The molecule has 0 spiro atoms. The molecule has 6 heteroatoms. The zero-order valence-corrected chi connectivity index (χ0v) is 14.1. The van der Waals surface area contributed by atoms with E-state index >= 15 is 0 Å². The molecule has 0 aliphatic carbocycles. The van der Waals surface area contributed by atoms with Crippen molar-refractivity contribution < 1.29 is 4.79 Å². The summed E-state index contributed by atoms with van der Waals surface area (Å²) in [4.78, 5) is 21.7. The summed E-state index contributed by atoms with van der Waals surface area (Å²) >= 11 is 3.21. The van der Waals surface area contributed by atoms with Gasteiger partial charge in [-0.2, -0.15) is 11.8 Å². The lowest BCUT2D eigenvalue weighted by atomic mass is 10.3. The Kier molecular flexibility index (Phi) is 5.76. The van der Waals surface area contributed by atoms with Crippen LogP contribution in [0.25, 0.3) is 0 Å². The maximum Gasteiger partial charge on any atom is 0.268 e. The number of anilines is 1. The number of hydrogen-bond donors (Lipinski definition) is 1. The topological polar surface area (TPSA) is 54.9 Å². The van der Waals surface area contributed by atoms with E-state index in [9.17, 15) is 4.79 Å². The fraction of sp³-hybridized carbons (Fsp3) is 0.400. The molecule has 2 aromatic heterocycles. The van der Waals surface area contributed by atoms with Crippen molar-refractivity contribution in [3.63, 3.8) is 0 Å². The van der Waals surface area contributed by atoms with Crippen LogP contribution in [0.2, 0.25) is 0 Å². The normalized spacial score (nSPS) is 10.6. The first-order valence-corrected chi connectivity index (χ1v) is 9.06. The highest BCUT2D eigenvalue weighted by atomic mass is 32.2. The third-order valence-electron chi connectivity index (χ3n) is 2.89. The lowest BCUT2D eigenvalue weighted by Gasteiger charge is -2.05. The zero-order chi connectivity index (χ0) is 15.2. The van der Waals surface area contributed by atoms with Gasteiger partial charge in [-0.1, -0.05) is 6.92 Å². The van der Waals surface area contributed by atoms with Crippen molar-refractivity contribution in [2.45, 2.75) is 32.4 Å². The minimum Gasteiger partial charge on any atom is -0.306 e. The molecule has 1 N–H and O–H groups in total. The predicted molar refractivity (Wildman–Crippen MR) is 90.3 cm³/mol. The second-order valence-electron chi connectivity index (χ2n) is 4.71. The molecule has 0 aliphatic rings. The van der Waals surface area contributed by atoms with E-state index in [1.807, 2.05) is 19.1 Å². The van der Waals surface area contributed by atoms with Gasteiger partial charge in [-0.05, 0) is 43.7 Å². The van der Waals surface area contributed by atoms with Crippen LogP contribution in [0.3, 0.4) is 0 Å². The van der Waals surface area contributed by atoms with Gasteiger partial charge in [-0.25, -0.2) is 9.97 Å². The Morgan fingerprint density at radius 1 is 1.48 bits per heavy atom. The van der Waals surface area contributed by atoms with Crippen LogP contribution < -0.4 is 5.32 Å². The maximum absolute atomic E-state index is 12.3. The molecule has 0 atom stereocenters. The molecule has 2 heterocycles. The molecule has 2 aromatic rings. The number of pyridine rings is 1. The van der Waals surface area contributed by atoms with E-state index in [0.717, 1.165) is 34.9 Å². The summed E-state index contributed by atoms with van der Waals surface area (Å²) < 4.78 is 0. The van der Waals surface area contributed by atoms with E-state index in [-0.39, 0.29) is 5.91 Å². The summed E-state index contributed by atoms with van der Waals surface area (Å²) in [5.41, 5.74) is 1.95. The Balaban J connectivity index is 2.12. The third-order valence-corrected chi connectivity index (χ3v) is 4.73. The van der Waals surface area contributed by atoms with Gasteiger partial charge in [0.2, 0.25) is 0 Å². The van der Waals surface area contributed by atoms with E-state index in [0.29, 0.717) is 10.7 Å². The number of rotatable bonds is 6. The number of carbonyl (C=O) groups excluding carboxylic acids is 1. The first-order valence-electron chi connectivity index (χ1n) is 6.85. The molecule has 0 bridgehead atoms. The van der Waals surface area contributed by atoms with Gasteiger partial charge in [0.05, 0.1) is 10.7 Å². The summed E-state index contributed by atoms with van der Waals surface area (Å²) in [5.74, 6) is 1.38. The van der Waals surface area contributed by atoms with E-state index in [2.05, 4.69) is 28.5 Å². The summed E-state index contributed by atoms with van der Waals surface area (Å²) in [6, 6.07) is 3.88. The van der Waals surface area contributed by atoms with Crippen LogP contribution >= 0.6 is 23.1 Å². The number of aryl methyl sites for hydroxylation is 2. The van der Waals surface area contributed by atoms with Crippen molar-refractivity contribution in [1.29, 1.82) is 0 Å². The van der Waals surface area contributed by atoms with Crippen LogP contribution in [0.5, 0.6) is 0 Å². The number of nitrogens with one attached hydrogen (secondary N) is 1. The van der Waals surface area contributed by atoms with Crippen molar-refractivity contribution in [3.05, 3.63) is 39.5 Å². The molecule has 0 radical (unpaired) electrons. The quantitative estimate of drug-likeness (QED) is 0.876. The molecule has 112 valence electrons. The number of thiazole rings is 1. The first-order chi connectivity index (χ1) is 10.1. The number of amides is 1. The number of hydrogen-bond acceptors (Lipinski definition) is 5. The predicted octanol–water partition coefficient (Wildman–Crippen LogP) is 3.91. The summed E-state index contributed by atoms with van der Waals surface area (Å²) in [6.07, 6.45) is 5.73. The van der Waals surface area contributed by atoms with E-state index < -0.39 is 0 Å². The van der Waals surface area contributed by atoms with Crippen molar-refractivity contribution in [3.8, 4) is 0 Å². The second kappa shape index (κ2) is 7.56. The number of aromatic nitrogens is 2. The standard InChI is InChI=1S/C15H19N3OS2/c1-4-5-13-17-10(2)14(21-13)15(19)18-12-8-11(9-20-3)6-7-16-12/h6-8H,4-5,9H2,1-3H3,(H,16,18,19). The lowest BCUT2D eigenvalue weighted by molar-refractivity contribution is 0.102. The summed E-state index contributed by atoms with van der Waals surface area (Å²) in [5, 5.41) is 3.88. The van der Waals surface area contributed by atoms with Gasteiger partial charge in [0.15, 0.2) is 0 Å². The molecule has 0 fully saturated rings. The van der Waals surface area contributed by atoms with Crippen molar-refractivity contribution in [2.75, 3.05) is 11.6 Å². The Hall–Kier alpha value is -1.40. The maximum atomic E-state index is 12.3. The van der Waals surface area contributed by atoms with Crippen molar-refractivity contribution >= 4 is 34.8 Å². The third kappa shape index (κ3) is 4.28. The van der Waals surface area contributed by atoms with E-state index in [1.165, 1.54) is 11.3 Å². The molecule has 21 heavy (non-hydrogen) atoms. The van der Waals surface area contributed by atoms with Crippen LogP contribution in [-0.4, -0.2) is 22.1 Å². The first kappa shape index (κ1) is 16.0. The minimum atomic E-state index is -0.124. The molecular weight excluding hydrogens is 302 g/mol. The molecule has 2 rings (SSSR count). The number of nitrogens with zero attached hydrogens (tertiary/aromatic N) is 2. The molecule has 1 amide bonds. The summed E-state index contributed by atoms with van der Waals surface area (Å²) in [7, 11) is 0. The Labute approximate surface area is 133 Å². The van der Waals surface area contributed by atoms with Crippen LogP contribution in [-0.2, 0) is 12.2 Å². The molecular formula is C15H19N3OS2. The fourth-order valence-corrected chi connectivity index (χ4v) is 3.53. The van der Waals surface area contributed by atoms with Crippen LogP contribution in [0, 0.1) is 6.92 Å². The van der Waals surface area contributed by atoms with Gasteiger partial charge < -0.3 is 5.32 Å². The van der Waals surface area contributed by atoms with Crippen LogP contribution in [0.1, 0.15) is 39.3 Å². The van der Waals surface area contributed by atoms with Crippen molar-refractivity contribution in [2.24, 2.45) is 0 Å². The largest absolute Gasteiger partial charge is 0.306 e. The zero-order valence-electron chi connectivity index (χ0n) is 12.5. The van der Waals surface area contributed by atoms with Gasteiger partial charge >= 0.3 is 0 Å². The average Bonchev–Trinajstić information content (AvgIpc) is 2.81. The number of carbonyl (C=O) groups is 1. The lowest BCUT2D eigenvalue weighted by Crippen LogP contribution is -2.12. The van der Waals surface area contributed by atoms with E-state index in [1.54, 1.807) is 18.0 Å². The highest BCUT2D eigenvalue weighted by Gasteiger charge is 2.15. The second-order valence-corrected chi connectivity index (χ2v) is 6.66. The Bertz CT molecular complexity index is 625. The average molecular weight is 321 g/mol. The highest BCUT2D eigenvalue weighted by molar-refractivity contribution is 7.97. The molecule has 0 saturated carbocycles. The monoisotopic (exact) mass is 321 g/mol. The van der Waals surface area contributed by atoms with Gasteiger partial charge in [-0.15, -0.1) is 11.3 Å². The highest BCUT2D eigenvalue weighted by Crippen LogP contribution is 2.21. The van der Waals surface area contributed by atoms with Crippen LogP contribution in [0.15, 0.2) is 18.3 Å². The fourth-order valence-electron chi connectivity index (χ4n) is 1.96. The van der Waals surface area contributed by atoms with Crippen molar-refractivity contribution in [1.82, 2.24) is 9.97 Å². The molecule has 4 nitrogen and oxygen atoms in total. The van der Waals surface area contributed by atoms with Crippen LogP contribution in [0.4, 0.5) is 5.82 Å². The molecule has 0 unspecified atom stereocenters. The van der Waals surface area contributed by atoms with Gasteiger partial charge in [-0.3, -0.25) is 4.79 Å². The van der Waals surface area contributed by atoms with Gasteiger partial charge in [0, 0.05) is 11.9 Å². The smallest absolute Gasteiger partial charge is 0.268 e. The minimum absolute atomic E-state index is 0.124. The molecule has 0 aromatic carbocycles. The summed E-state index contributed by atoms with van der Waals surface area (Å²) in [6.45, 7) is 3.99. The molecule has 0 saturated heterocycles. The van der Waals surface area contributed by atoms with E-state index in [4.69, 9.17) is 0 Å². The molecule has 0 aliphatic heterocycles.